The summed E-state index contributed by atoms with van der Waals surface area (Å²) in [6.07, 6.45) is 4.15. The van der Waals surface area contributed by atoms with Crippen LogP contribution in [0.15, 0.2) is 119 Å². The highest BCUT2D eigenvalue weighted by molar-refractivity contribution is 7.90. The van der Waals surface area contributed by atoms with Gasteiger partial charge < -0.3 is 15.7 Å². The molecule has 3 aromatic carbocycles. The van der Waals surface area contributed by atoms with Crippen molar-refractivity contribution in [2.24, 2.45) is 5.10 Å². The Bertz CT molecular complexity index is 1820. The number of rotatable bonds is 12. The molecule has 224 valence electrons. The molecule has 2 aromatic heterocycles. The molecule has 0 amide bonds. The van der Waals surface area contributed by atoms with Gasteiger partial charge in [0.1, 0.15) is 5.82 Å². The van der Waals surface area contributed by atoms with Crippen LogP contribution < -0.4 is 16.1 Å². The lowest BCUT2D eigenvalue weighted by Gasteiger charge is -2.19. The van der Waals surface area contributed by atoms with Crippen LogP contribution in [-0.4, -0.2) is 47.0 Å². The summed E-state index contributed by atoms with van der Waals surface area (Å²) < 4.78 is 23.8. The maximum atomic E-state index is 11.9. The molecule has 4 N–H and O–H groups in total. The monoisotopic (exact) mass is 607 g/mol. The van der Waals surface area contributed by atoms with Crippen molar-refractivity contribution in [3.63, 3.8) is 0 Å². The summed E-state index contributed by atoms with van der Waals surface area (Å²) in [5.41, 5.74) is 7.85. The molecular weight excluding hydrogens is 574 g/mol. The number of aromatic nitrogens is 3. The summed E-state index contributed by atoms with van der Waals surface area (Å²) in [5.74, 6) is 1.33. The summed E-state index contributed by atoms with van der Waals surface area (Å²) in [7, 11) is -3.31. The maximum Gasteiger partial charge on any atom is 0.231 e. The van der Waals surface area contributed by atoms with Crippen LogP contribution in [0, 0.1) is 0 Å². The zero-order valence-corrected chi connectivity index (χ0v) is 25.2. The topological polar surface area (TPSA) is 141 Å². The van der Waals surface area contributed by atoms with Crippen molar-refractivity contribution in [2.45, 2.75) is 24.3 Å². The average Bonchev–Trinajstić information content (AvgIpc) is 3.04. The summed E-state index contributed by atoms with van der Waals surface area (Å²) in [6.45, 7) is 2.02. The minimum atomic E-state index is -3.31. The number of hydrogen-bond acceptors (Lipinski definition) is 10. The van der Waals surface area contributed by atoms with Gasteiger partial charge >= 0.3 is 0 Å². The Labute approximate surface area is 256 Å². The number of hydrazone groups is 1. The van der Waals surface area contributed by atoms with Crippen LogP contribution >= 0.6 is 0 Å². The van der Waals surface area contributed by atoms with Gasteiger partial charge in [-0.2, -0.15) is 15.1 Å². The number of nitrogens with one attached hydrogen (secondary N) is 3. The zero-order chi connectivity index (χ0) is 30.9. The fourth-order valence-corrected chi connectivity index (χ4v) is 5.07. The van der Waals surface area contributed by atoms with Gasteiger partial charge in [-0.15, -0.1) is 0 Å². The van der Waals surface area contributed by atoms with Crippen molar-refractivity contribution in [1.29, 1.82) is 0 Å². The quantitative estimate of drug-likeness (QED) is 0.105. The first-order chi connectivity index (χ1) is 21.3. The minimum absolute atomic E-state index is 0.196. The standard InChI is InChI=1S/C33H33N7O3S/c1-23(25-13-15-28(16-14-25)44(2,42)43)39-40-32-29(21-24-9-5-3-6-10-24)31(35-22-30(41)26-17-19-34-20-18-26)37-33(38-32)36-27-11-7-4-8-12-27/h3-20,30,41H,21-22H2,1-2H3,(H3,35,36,37,38,40). The van der Waals surface area contributed by atoms with E-state index >= 15 is 0 Å². The first-order valence-corrected chi connectivity index (χ1v) is 15.8. The highest BCUT2D eigenvalue weighted by atomic mass is 32.2. The summed E-state index contributed by atoms with van der Waals surface area (Å²) in [6, 6.07) is 29.6. The molecule has 0 saturated carbocycles. The minimum Gasteiger partial charge on any atom is -0.387 e. The summed E-state index contributed by atoms with van der Waals surface area (Å²) >= 11 is 0. The van der Waals surface area contributed by atoms with E-state index in [4.69, 9.17) is 9.97 Å². The van der Waals surface area contributed by atoms with E-state index in [0.717, 1.165) is 27.9 Å². The van der Waals surface area contributed by atoms with Crippen molar-refractivity contribution >= 4 is 38.8 Å². The Hall–Kier alpha value is -5.13. The van der Waals surface area contributed by atoms with E-state index in [1.54, 1.807) is 48.8 Å². The largest absolute Gasteiger partial charge is 0.387 e. The van der Waals surface area contributed by atoms with Crippen molar-refractivity contribution in [2.75, 3.05) is 28.9 Å². The fraction of sp³-hybridized carbons (Fsp3) is 0.152. The first-order valence-electron chi connectivity index (χ1n) is 14.0. The van der Waals surface area contributed by atoms with Crippen molar-refractivity contribution in [3.8, 4) is 0 Å². The van der Waals surface area contributed by atoms with Gasteiger partial charge in [0, 0.05) is 42.9 Å². The van der Waals surface area contributed by atoms with Gasteiger partial charge in [-0.3, -0.25) is 10.4 Å². The highest BCUT2D eigenvalue weighted by Gasteiger charge is 2.18. The zero-order valence-electron chi connectivity index (χ0n) is 24.3. The predicted molar refractivity (Wildman–Crippen MR) is 174 cm³/mol. The fourth-order valence-electron chi connectivity index (χ4n) is 4.44. The second-order valence-corrected chi connectivity index (χ2v) is 12.2. The van der Waals surface area contributed by atoms with Gasteiger partial charge in [0.2, 0.25) is 5.95 Å². The molecule has 0 radical (unpaired) electrons. The van der Waals surface area contributed by atoms with Crippen LogP contribution in [0.1, 0.15) is 35.3 Å². The molecule has 2 heterocycles. The number of pyridine rings is 1. The van der Waals surface area contributed by atoms with Crippen molar-refractivity contribution in [3.05, 3.63) is 132 Å². The van der Waals surface area contributed by atoms with Crippen LogP contribution in [0.2, 0.25) is 0 Å². The lowest BCUT2D eigenvalue weighted by molar-refractivity contribution is 0.191. The molecule has 0 bridgehead atoms. The van der Waals surface area contributed by atoms with Gasteiger partial charge in [-0.1, -0.05) is 60.7 Å². The van der Waals surface area contributed by atoms with Crippen LogP contribution in [0.5, 0.6) is 0 Å². The molecule has 11 heteroatoms. The second kappa shape index (κ2) is 13.9. The summed E-state index contributed by atoms with van der Waals surface area (Å²) in [5, 5.41) is 22.1. The van der Waals surface area contributed by atoms with Gasteiger partial charge in [-0.25, -0.2) is 8.42 Å². The lowest BCUT2D eigenvalue weighted by Crippen LogP contribution is -2.17. The number of aliphatic hydroxyl groups excluding tert-OH is 1. The number of aliphatic hydroxyl groups is 1. The van der Waals surface area contributed by atoms with Gasteiger partial charge in [-0.05, 0) is 60.0 Å². The number of anilines is 4. The molecule has 10 nitrogen and oxygen atoms in total. The molecule has 1 unspecified atom stereocenters. The van der Waals surface area contributed by atoms with Crippen molar-refractivity contribution in [1.82, 2.24) is 15.0 Å². The van der Waals surface area contributed by atoms with Crippen LogP contribution in [-0.2, 0) is 16.3 Å². The average molecular weight is 608 g/mol. The molecule has 5 aromatic rings. The molecule has 0 saturated heterocycles. The number of para-hydroxylation sites is 1. The number of sulfone groups is 1. The number of benzene rings is 3. The van der Waals surface area contributed by atoms with E-state index in [1.165, 1.54) is 6.26 Å². The third-order valence-corrected chi connectivity index (χ3v) is 7.97. The molecule has 0 aliphatic carbocycles. The third kappa shape index (κ3) is 8.03. The molecule has 0 aliphatic rings. The Morgan fingerprint density at radius 3 is 2.16 bits per heavy atom. The van der Waals surface area contributed by atoms with E-state index in [-0.39, 0.29) is 11.4 Å². The Kier molecular flexibility index (Phi) is 9.58. The van der Waals surface area contributed by atoms with Crippen LogP contribution in [0.25, 0.3) is 0 Å². The molecule has 1 atom stereocenters. The van der Waals surface area contributed by atoms with E-state index in [0.29, 0.717) is 29.7 Å². The number of nitrogens with zero attached hydrogens (tertiary/aromatic N) is 4. The molecule has 0 fully saturated rings. The Morgan fingerprint density at radius 2 is 1.50 bits per heavy atom. The normalized spacial score (nSPS) is 12.4. The van der Waals surface area contributed by atoms with E-state index < -0.39 is 15.9 Å². The molecular formula is C33H33N7O3S. The first kappa shape index (κ1) is 30.3. The predicted octanol–water partition coefficient (Wildman–Crippen LogP) is 5.59. The second-order valence-electron chi connectivity index (χ2n) is 10.2. The van der Waals surface area contributed by atoms with Crippen molar-refractivity contribution < 1.29 is 13.5 Å². The molecule has 44 heavy (non-hydrogen) atoms. The van der Waals surface area contributed by atoms with E-state index in [9.17, 15) is 13.5 Å². The van der Waals surface area contributed by atoms with Crippen LogP contribution in [0.4, 0.5) is 23.3 Å². The van der Waals surface area contributed by atoms with E-state index in [1.807, 2.05) is 67.6 Å². The van der Waals surface area contributed by atoms with Gasteiger partial charge in [0.25, 0.3) is 0 Å². The molecule has 5 rings (SSSR count). The van der Waals surface area contributed by atoms with Gasteiger partial charge in [0.05, 0.1) is 16.7 Å². The smallest absolute Gasteiger partial charge is 0.231 e. The maximum absolute atomic E-state index is 11.9. The highest BCUT2D eigenvalue weighted by Crippen LogP contribution is 2.28. The van der Waals surface area contributed by atoms with Gasteiger partial charge in [0.15, 0.2) is 15.7 Å². The molecule has 0 aliphatic heterocycles. The Morgan fingerprint density at radius 1 is 0.864 bits per heavy atom. The Balaban J connectivity index is 1.52. The number of hydrogen-bond donors (Lipinski definition) is 4. The van der Waals surface area contributed by atoms with Crippen LogP contribution in [0.3, 0.4) is 0 Å². The lowest BCUT2D eigenvalue weighted by atomic mass is 10.1. The molecule has 0 spiro atoms. The van der Waals surface area contributed by atoms with E-state index in [2.05, 4.69) is 26.1 Å². The third-order valence-electron chi connectivity index (χ3n) is 6.84. The summed E-state index contributed by atoms with van der Waals surface area (Å²) in [4.78, 5) is 13.9. The SMILES string of the molecule is CC(=NNc1nc(Nc2ccccc2)nc(NCC(O)c2ccncc2)c1Cc1ccccc1)c1ccc(S(C)(=O)=O)cc1.